The molecule has 0 aliphatic heterocycles. The molecule has 1 rings (SSSR count). The van der Waals surface area contributed by atoms with Crippen molar-refractivity contribution in [2.45, 2.75) is 64.0 Å². The molecule has 0 amide bonds. The fourth-order valence-corrected chi connectivity index (χ4v) is 3.58. The van der Waals surface area contributed by atoms with Crippen molar-refractivity contribution in [3.8, 4) is 0 Å². The summed E-state index contributed by atoms with van der Waals surface area (Å²) in [6.45, 7) is 8.92. The first-order chi connectivity index (χ1) is 7.69. The normalized spacial score (nSPS) is 32.7. The van der Waals surface area contributed by atoms with Crippen LogP contribution in [-0.4, -0.2) is 13.1 Å². The van der Waals surface area contributed by atoms with E-state index in [9.17, 15) is 0 Å². The Balaban J connectivity index is 2.52. The smallest absolute Gasteiger partial charge is 0.190 e. The summed E-state index contributed by atoms with van der Waals surface area (Å²) in [4.78, 5) is 0. The molecule has 0 bridgehead atoms. The van der Waals surface area contributed by atoms with Crippen LogP contribution in [0.3, 0.4) is 0 Å². The SMILES string of the molecule is CC(C)C1CCCC([B]S)C([B]S)CCC1. The van der Waals surface area contributed by atoms with E-state index in [1.807, 2.05) is 0 Å². The van der Waals surface area contributed by atoms with Gasteiger partial charge in [-0.05, 0) is 11.8 Å². The fraction of sp³-hybridized carbons (Fsp3) is 1.00. The topological polar surface area (TPSA) is 0 Å². The standard InChI is InChI=1S/C12H24B2S2/c1-9(2)10-5-3-7-11(13-15)12(14-16)8-4-6-10/h9-12,15-16H,3-8H2,1-2H3. The fourth-order valence-electron chi connectivity index (χ4n) is 2.84. The highest BCUT2D eigenvalue weighted by molar-refractivity contribution is 8.07. The van der Waals surface area contributed by atoms with Crippen molar-refractivity contribution in [1.29, 1.82) is 0 Å². The van der Waals surface area contributed by atoms with Crippen molar-refractivity contribution in [2.24, 2.45) is 11.8 Å². The molecule has 0 aromatic rings. The largest absolute Gasteiger partial charge is 0.235 e. The van der Waals surface area contributed by atoms with Gasteiger partial charge in [0.25, 0.3) is 0 Å². The summed E-state index contributed by atoms with van der Waals surface area (Å²) in [6, 6.07) is 0. The van der Waals surface area contributed by atoms with E-state index in [1.54, 1.807) is 0 Å². The zero-order valence-electron chi connectivity index (χ0n) is 10.6. The van der Waals surface area contributed by atoms with Crippen LogP contribution in [-0.2, 0) is 0 Å². The second kappa shape index (κ2) is 8.02. The second-order valence-corrected chi connectivity index (χ2v) is 6.09. The van der Waals surface area contributed by atoms with Crippen molar-refractivity contribution in [1.82, 2.24) is 0 Å². The number of rotatable bonds is 3. The molecule has 1 fully saturated rings. The molecule has 2 radical (unpaired) electrons. The summed E-state index contributed by atoms with van der Waals surface area (Å²) in [5.74, 6) is 3.03. The van der Waals surface area contributed by atoms with Gasteiger partial charge in [0.2, 0.25) is 0 Å². The van der Waals surface area contributed by atoms with Crippen molar-refractivity contribution in [2.75, 3.05) is 0 Å². The van der Waals surface area contributed by atoms with Gasteiger partial charge < -0.3 is 0 Å². The van der Waals surface area contributed by atoms with E-state index in [-0.39, 0.29) is 0 Å². The van der Waals surface area contributed by atoms with Gasteiger partial charge in [-0.2, -0.15) is 0 Å². The summed E-state index contributed by atoms with van der Waals surface area (Å²) >= 11 is 8.76. The monoisotopic (exact) mass is 254 g/mol. The highest BCUT2D eigenvalue weighted by Gasteiger charge is 2.24. The van der Waals surface area contributed by atoms with Gasteiger partial charge in [0.15, 0.2) is 13.1 Å². The van der Waals surface area contributed by atoms with E-state index in [4.69, 9.17) is 0 Å². The number of hydrogen-bond acceptors (Lipinski definition) is 2. The summed E-state index contributed by atoms with van der Waals surface area (Å²) < 4.78 is 0. The lowest BCUT2D eigenvalue weighted by Gasteiger charge is -2.22. The molecule has 16 heavy (non-hydrogen) atoms. The molecule has 4 heteroatoms. The Morgan fingerprint density at radius 1 is 0.875 bits per heavy atom. The molecule has 1 saturated carbocycles. The molecule has 0 aromatic carbocycles. The van der Waals surface area contributed by atoms with E-state index in [2.05, 4.69) is 51.9 Å². The minimum Gasteiger partial charge on any atom is -0.235 e. The Kier molecular flexibility index (Phi) is 7.47. The quantitative estimate of drug-likeness (QED) is 0.544. The molecule has 1 aliphatic rings. The molecule has 2 atom stereocenters. The maximum Gasteiger partial charge on any atom is 0.190 e. The molecule has 0 nitrogen and oxygen atoms in total. The molecule has 2 unspecified atom stereocenters. The van der Waals surface area contributed by atoms with Gasteiger partial charge in [-0.25, -0.2) is 25.0 Å². The summed E-state index contributed by atoms with van der Waals surface area (Å²) in [5, 5.41) is 0. The van der Waals surface area contributed by atoms with E-state index in [0.717, 1.165) is 11.8 Å². The van der Waals surface area contributed by atoms with Crippen molar-refractivity contribution < 1.29 is 0 Å². The maximum absolute atomic E-state index is 4.38. The van der Waals surface area contributed by atoms with Crippen LogP contribution in [0.25, 0.3) is 0 Å². The molecule has 0 N–H and O–H groups in total. The van der Waals surface area contributed by atoms with Crippen LogP contribution in [0.5, 0.6) is 0 Å². The van der Waals surface area contributed by atoms with E-state index >= 15 is 0 Å². The van der Waals surface area contributed by atoms with Crippen molar-refractivity contribution >= 4 is 38.1 Å². The van der Waals surface area contributed by atoms with Crippen LogP contribution >= 0.6 is 25.0 Å². The first-order valence-corrected chi connectivity index (χ1v) is 7.67. The lowest BCUT2D eigenvalue weighted by atomic mass is 9.62. The van der Waals surface area contributed by atoms with Gasteiger partial charge >= 0.3 is 0 Å². The maximum atomic E-state index is 4.38. The molecule has 0 heterocycles. The van der Waals surface area contributed by atoms with Crippen LogP contribution in [0, 0.1) is 11.8 Å². The Morgan fingerprint density at radius 3 is 1.62 bits per heavy atom. The summed E-state index contributed by atoms with van der Waals surface area (Å²) in [7, 11) is 0. The molecule has 0 saturated heterocycles. The highest BCUT2D eigenvalue weighted by Crippen LogP contribution is 2.38. The Morgan fingerprint density at radius 2 is 1.31 bits per heavy atom. The van der Waals surface area contributed by atoms with Crippen LogP contribution in [0.1, 0.15) is 52.4 Å². The first kappa shape index (κ1) is 14.9. The van der Waals surface area contributed by atoms with Gasteiger partial charge in [0, 0.05) is 0 Å². The molecular formula is C12H24B2S2. The zero-order chi connectivity index (χ0) is 12.0. The lowest BCUT2D eigenvalue weighted by Crippen LogP contribution is -2.11. The van der Waals surface area contributed by atoms with Gasteiger partial charge in [-0.1, -0.05) is 64.0 Å². The van der Waals surface area contributed by atoms with Crippen LogP contribution in [0.15, 0.2) is 0 Å². The molecule has 1 aliphatic carbocycles. The van der Waals surface area contributed by atoms with Gasteiger partial charge in [-0.15, -0.1) is 0 Å². The minimum absolute atomic E-state index is 0.631. The van der Waals surface area contributed by atoms with Crippen molar-refractivity contribution in [3.05, 3.63) is 0 Å². The molecule has 0 spiro atoms. The minimum atomic E-state index is 0.631. The third kappa shape index (κ3) is 4.60. The third-order valence-electron chi connectivity index (χ3n) is 4.10. The second-order valence-electron chi connectivity index (χ2n) is 5.49. The summed E-state index contributed by atoms with van der Waals surface area (Å²) in [6.07, 6.45) is 8.07. The predicted molar refractivity (Wildman–Crippen MR) is 83.0 cm³/mol. The van der Waals surface area contributed by atoms with Gasteiger partial charge in [0.05, 0.1) is 0 Å². The van der Waals surface area contributed by atoms with Crippen LogP contribution < -0.4 is 0 Å². The van der Waals surface area contributed by atoms with Crippen molar-refractivity contribution in [3.63, 3.8) is 0 Å². The van der Waals surface area contributed by atoms with E-state index in [0.29, 0.717) is 11.6 Å². The van der Waals surface area contributed by atoms with Crippen LogP contribution in [0.2, 0.25) is 11.6 Å². The highest BCUT2D eigenvalue weighted by atomic mass is 32.1. The zero-order valence-corrected chi connectivity index (χ0v) is 12.4. The average Bonchev–Trinajstić information content (AvgIpc) is 2.37. The third-order valence-corrected chi connectivity index (χ3v) is 4.87. The predicted octanol–water partition coefficient (Wildman–Crippen LogP) is 4.29. The Labute approximate surface area is 114 Å². The molecular weight excluding hydrogens is 230 g/mol. The first-order valence-electron chi connectivity index (χ1n) is 6.64. The number of hydrogen-bond donors (Lipinski definition) is 2. The summed E-state index contributed by atoms with van der Waals surface area (Å²) in [5.41, 5.74) is 0. The average molecular weight is 254 g/mol. The van der Waals surface area contributed by atoms with E-state index < -0.39 is 0 Å². The molecule has 90 valence electrons. The molecule has 0 aromatic heterocycles. The Hall–Kier alpha value is 0.830. The van der Waals surface area contributed by atoms with E-state index in [1.165, 1.54) is 38.5 Å². The van der Waals surface area contributed by atoms with Gasteiger partial charge in [0.1, 0.15) is 0 Å². The lowest BCUT2D eigenvalue weighted by molar-refractivity contribution is 0.324. The van der Waals surface area contributed by atoms with Crippen LogP contribution in [0.4, 0.5) is 0 Å². The number of thiol groups is 2. The Bertz CT molecular complexity index is 172. The van der Waals surface area contributed by atoms with Gasteiger partial charge in [-0.3, -0.25) is 0 Å².